The van der Waals surface area contributed by atoms with E-state index in [1.807, 2.05) is 30.0 Å². The van der Waals surface area contributed by atoms with E-state index in [0.717, 1.165) is 11.2 Å². The summed E-state index contributed by atoms with van der Waals surface area (Å²) in [6.07, 6.45) is 8.22. The molecular formula is C17H24N6OS. The van der Waals surface area contributed by atoms with Gasteiger partial charge in [0.05, 0.1) is 0 Å². The summed E-state index contributed by atoms with van der Waals surface area (Å²) in [7, 11) is 1.80. The minimum absolute atomic E-state index is 0.451. The minimum Gasteiger partial charge on any atom is -0.356 e. The maximum Gasteiger partial charge on any atom is 0.276 e. The quantitative estimate of drug-likeness (QED) is 0.602. The van der Waals surface area contributed by atoms with E-state index in [1.54, 1.807) is 13.2 Å². The number of aromatic nitrogens is 3. The van der Waals surface area contributed by atoms with Crippen LogP contribution in [0.15, 0.2) is 33.9 Å². The van der Waals surface area contributed by atoms with Crippen molar-refractivity contribution in [3.05, 3.63) is 30.2 Å². The lowest BCUT2D eigenvalue weighted by molar-refractivity contribution is 0.421. The van der Waals surface area contributed by atoms with E-state index in [-0.39, 0.29) is 0 Å². The molecule has 1 saturated carbocycles. The van der Waals surface area contributed by atoms with E-state index < -0.39 is 0 Å². The van der Waals surface area contributed by atoms with Crippen molar-refractivity contribution in [1.82, 2.24) is 25.8 Å². The highest BCUT2D eigenvalue weighted by molar-refractivity contribution is 7.99. The van der Waals surface area contributed by atoms with Crippen LogP contribution >= 0.6 is 11.8 Å². The number of hydrogen-bond donors (Lipinski definition) is 2. The van der Waals surface area contributed by atoms with Crippen LogP contribution in [0.1, 0.15) is 25.1 Å². The molecule has 2 unspecified atom stereocenters. The second kappa shape index (κ2) is 8.84. The summed E-state index contributed by atoms with van der Waals surface area (Å²) < 4.78 is 5.27. The first-order valence-electron chi connectivity index (χ1n) is 8.52. The van der Waals surface area contributed by atoms with Crippen LogP contribution in [0.3, 0.4) is 0 Å². The number of nitrogens with one attached hydrogen (secondary N) is 2. The number of hydrogen-bond acceptors (Lipinski definition) is 6. The van der Waals surface area contributed by atoms with Crippen LogP contribution < -0.4 is 10.6 Å². The number of nitrogens with zero attached hydrogens (tertiary/aromatic N) is 4. The van der Waals surface area contributed by atoms with Crippen molar-refractivity contribution in [2.24, 2.45) is 4.99 Å². The monoisotopic (exact) mass is 360 g/mol. The number of thioether (sulfide) groups is 1. The van der Waals surface area contributed by atoms with Crippen molar-refractivity contribution in [2.75, 3.05) is 19.8 Å². The zero-order chi connectivity index (χ0) is 17.5. The summed E-state index contributed by atoms with van der Waals surface area (Å²) in [5.74, 6) is 1.94. The normalized spacial score (nSPS) is 20.6. The van der Waals surface area contributed by atoms with Gasteiger partial charge in [0.2, 0.25) is 0 Å². The Morgan fingerprint density at radius 1 is 1.40 bits per heavy atom. The van der Waals surface area contributed by atoms with Crippen LogP contribution in [0.2, 0.25) is 0 Å². The molecular weight excluding hydrogens is 336 g/mol. The molecule has 0 spiro atoms. The fourth-order valence-electron chi connectivity index (χ4n) is 2.91. The van der Waals surface area contributed by atoms with Crippen LogP contribution in [0.5, 0.6) is 0 Å². The van der Waals surface area contributed by atoms with E-state index >= 15 is 0 Å². The number of pyridine rings is 1. The zero-order valence-corrected chi connectivity index (χ0v) is 15.4. The molecule has 0 amide bonds. The van der Waals surface area contributed by atoms with E-state index in [1.165, 1.54) is 19.3 Å². The molecule has 1 aliphatic rings. The van der Waals surface area contributed by atoms with Crippen LogP contribution in [0.4, 0.5) is 0 Å². The largest absolute Gasteiger partial charge is 0.356 e. The van der Waals surface area contributed by atoms with Gasteiger partial charge < -0.3 is 15.2 Å². The van der Waals surface area contributed by atoms with Crippen molar-refractivity contribution >= 4 is 17.7 Å². The summed E-state index contributed by atoms with van der Waals surface area (Å²) in [6.45, 7) is 0.694. The van der Waals surface area contributed by atoms with Gasteiger partial charge in [0, 0.05) is 37.5 Å². The molecule has 0 aliphatic heterocycles. The van der Waals surface area contributed by atoms with Gasteiger partial charge in [0.15, 0.2) is 11.8 Å². The molecule has 2 atom stereocenters. The van der Waals surface area contributed by atoms with Gasteiger partial charge in [0.25, 0.3) is 5.89 Å². The van der Waals surface area contributed by atoms with Gasteiger partial charge in [-0.1, -0.05) is 11.2 Å². The van der Waals surface area contributed by atoms with Crippen LogP contribution in [0, 0.1) is 0 Å². The first-order chi connectivity index (χ1) is 12.3. The molecule has 0 bridgehead atoms. The fraction of sp³-hybridized carbons (Fsp3) is 0.529. The Bertz CT molecular complexity index is 689. The number of rotatable bonds is 6. The Labute approximate surface area is 152 Å². The van der Waals surface area contributed by atoms with Gasteiger partial charge in [-0.2, -0.15) is 16.7 Å². The molecule has 0 radical (unpaired) electrons. The Balaban J connectivity index is 1.45. The molecule has 134 valence electrons. The van der Waals surface area contributed by atoms with E-state index in [2.05, 4.69) is 37.0 Å². The Kier molecular flexibility index (Phi) is 6.27. The molecule has 7 nitrogen and oxygen atoms in total. The lowest BCUT2D eigenvalue weighted by Crippen LogP contribution is -2.43. The van der Waals surface area contributed by atoms with Crippen LogP contribution in [-0.2, 0) is 6.42 Å². The van der Waals surface area contributed by atoms with E-state index in [0.29, 0.717) is 36.4 Å². The molecule has 2 aromatic heterocycles. The summed E-state index contributed by atoms with van der Waals surface area (Å²) in [5.41, 5.74) is 0.691. The molecule has 2 N–H and O–H groups in total. The standard InChI is InChI=1S/C17H24N6OS/c1-18-17(21-12-6-7-13(11-12)25-2)20-10-8-15-22-16(24-23-15)14-5-3-4-9-19-14/h3-5,9,12-13H,6-8,10-11H2,1-2H3,(H2,18,20,21). The van der Waals surface area contributed by atoms with Crippen molar-refractivity contribution in [3.8, 4) is 11.6 Å². The van der Waals surface area contributed by atoms with Crippen molar-refractivity contribution in [2.45, 2.75) is 37.0 Å². The number of guanidine groups is 1. The summed E-state index contributed by atoms with van der Waals surface area (Å²) >= 11 is 1.95. The topological polar surface area (TPSA) is 88.2 Å². The second-order valence-corrected chi connectivity index (χ2v) is 7.13. The molecule has 1 fully saturated rings. The molecule has 2 heterocycles. The van der Waals surface area contributed by atoms with Gasteiger partial charge in [-0.25, -0.2) is 0 Å². The maximum absolute atomic E-state index is 5.27. The lowest BCUT2D eigenvalue weighted by Gasteiger charge is -2.17. The van der Waals surface area contributed by atoms with Gasteiger partial charge in [0.1, 0.15) is 5.69 Å². The maximum atomic E-state index is 5.27. The van der Waals surface area contributed by atoms with Gasteiger partial charge >= 0.3 is 0 Å². The molecule has 25 heavy (non-hydrogen) atoms. The van der Waals surface area contributed by atoms with Crippen molar-refractivity contribution in [1.29, 1.82) is 0 Å². The van der Waals surface area contributed by atoms with E-state index in [4.69, 9.17) is 4.52 Å². The minimum atomic E-state index is 0.451. The summed E-state index contributed by atoms with van der Waals surface area (Å²) in [4.78, 5) is 12.9. The predicted octanol–water partition coefficient (Wildman–Crippen LogP) is 2.12. The van der Waals surface area contributed by atoms with Gasteiger partial charge in [-0.15, -0.1) is 0 Å². The predicted molar refractivity (Wildman–Crippen MR) is 101 cm³/mol. The van der Waals surface area contributed by atoms with Crippen LogP contribution in [0.25, 0.3) is 11.6 Å². The van der Waals surface area contributed by atoms with Gasteiger partial charge in [-0.05, 0) is 37.7 Å². The number of aliphatic imine (C=N–C) groups is 1. The molecule has 2 aromatic rings. The first kappa shape index (κ1) is 17.7. The SMILES string of the molecule is CN=C(NCCc1noc(-c2ccccn2)n1)NC1CCC(SC)C1. The van der Waals surface area contributed by atoms with Crippen molar-refractivity contribution in [3.63, 3.8) is 0 Å². The summed E-state index contributed by atoms with van der Waals surface area (Å²) in [5, 5.41) is 11.6. The molecule has 0 saturated heterocycles. The highest BCUT2D eigenvalue weighted by atomic mass is 32.2. The van der Waals surface area contributed by atoms with Gasteiger partial charge in [-0.3, -0.25) is 9.98 Å². The lowest BCUT2D eigenvalue weighted by atomic mass is 10.2. The molecule has 1 aliphatic carbocycles. The first-order valence-corrected chi connectivity index (χ1v) is 9.81. The third-order valence-electron chi connectivity index (χ3n) is 4.28. The molecule has 0 aromatic carbocycles. The average Bonchev–Trinajstić information content (AvgIpc) is 3.31. The molecule has 3 rings (SSSR count). The highest BCUT2D eigenvalue weighted by Crippen LogP contribution is 2.27. The third kappa shape index (κ3) is 4.94. The third-order valence-corrected chi connectivity index (χ3v) is 5.37. The smallest absolute Gasteiger partial charge is 0.276 e. The zero-order valence-electron chi connectivity index (χ0n) is 14.6. The Morgan fingerprint density at radius 3 is 3.04 bits per heavy atom. The Morgan fingerprint density at radius 2 is 2.32 bits per heavy atom. The molecule has 8 heteroatoms. The fourth-order valence-corrected chi connectivity index (χ4v) is 3.71. The second-order valence-electron chi connectivity index (χ2n) is 5.99. The van der Waals surface area contributed by atoms with Crippen LogP contribution in [-0.4, -0.2) is 52.2 Å². The van der Waals surface area contributed by atoms with E-state index in [9.17, 15) is 0 Å². The highest BCUT2D eigenvalue weighted by Gasteiger charge is 2.24. The Hall–Kier alpha value is -2.09. The summed E-state index contributed by atoms with van der Waals surface area (Å²) in [6, 6.07) is 6.11. The van der Waals surface area contributed by atoms with Crippen molar-refractivity contribution < 1.29 is 4.52 Å². The average molecular weight is 360 g/mol.